The van der Waals surface area contributed by atoms with Crippen molar-refractivity contribution >= 4 is 31.9 Å². The second kappa shape index (κ2) is 8.54. The average molecular weight is 451 g/mol. The van der Waals surface area contributed by atoms with E-state index in [4.69, 9.17) is 0 Å². The highest BCUT2D eigenvalue weighted by Crippen LogP contribution is 2.28. The molecule has 1 fully saturated rings. The first-order valence-corrected chi connectivity index (χ1v) is 11.3. The summed E-state index contributed by atoms with van der Waals surface area (Å²) >= 11 is 3.32. The van der Waals surface area contributed by atoms with Crippen molar-refractivity contribution in [1.29, 1.82) is 0 Å². The molecule has 3 rings (SSSR count). The lowest BCUT2D eigenvalue weighted by molar-refractivity contribution is -0.135. The standard InChI is InChI=1S/C20H23BrN2O3S/c1-2-22(15-16-7-4-3-5-8-16)20(24)19-9-6-14-23(19)27(25,26)18-12-10-17(21)11-13-18/h3-5,7-8,10-13,19H,2,6,9,14-15H2,1H3. The number of hydrogen-bond acceptors (Lipinski definition) is 3. The molecular weight excluding hydrogens is 428 g/mol. The summed E-state index contributed by atoms with van der Waals surface area (Å²) in [4.78, 5) is 15.1. The SMILES string of the molecule is CCN(Cc1ccccc1)C(=O)C1CCCN1S(=O)(=O)c1ccc(Br)cc1. The van der Waals surface area contributed by atoms with Crippen LogP contribution in [0.4, 0.5) is 0 Å². The predicted octanol–water partition coefficient (Wildman–Crippen LogP) is 3.65. The third-order valence-electron chi connectivity index (χ3n) is 4.82. The molecular formula is C20H23BrN2O3S. The zero-order valence-corrected chi connectivity index (χ0v) is 17.6. The fourth-order valence-electron chi connectivity index (χ4n) is 3.38. The van der Waals surface area contributed by atoms with Gasteiger partial charge in [0, 0.05) is 24.1 Å². The highest BCUT2D eigenvalue weighted by atomic mass is 79.9. The number of likely N-dealkylation sites (N-methyl/N-ethyl adjacent to an activating group) is 1. The first-order valence-electron chi connectivity index (χ1n) is 9.03. The molecule has 144 valence electrons. The van der Waals surface area contributed by atoms with E-state index in [0.717, 1.165) is 10.0 Å². The smallest absolute Gasteiger partial charge is 0.243 e. The van der Waals surface area contributed by atoms with Gasteiger partial charge in [-0.05, 0) is 49.6 Å². The maximum atomic E-state index is 13.1. The molecule has 0 N–H and O–H groups in total. The fourth-order valence-corrected chi connectivity index (χ4v) is 5.29. The number of benzene rings is 2. The molecule has 1 aliphatic heterocycles. The number of amides is 1. The van der Waals surface area contributed by atoms with Crippen molar-refractivity contribution in [2.75, 3.05) is 13.1 Å². The maximum absolute atomic E-state index is 13.1. The second-order valence-electron chi connectivity index (χ2n) is 6.57. The Kier molecular flexibility index (Phi) is 6.34. The molecule has 27 heavy (non-hydrogen) atoms. The van der Waals surface area contributed by atoms with Gasteiger partial charge in [-0.15, -0.1) is 0 Å². The van der Waals surface area contributed by atoms with Crippen molar-refractivity contribution in [2.24, 2.45) is 0 Å². The summed E-state index contributed by atoms with van der Waals surface area (Å²) in [5.74, 6) is -0.125. The largest absolute Gasteiger partial charge is 0.337 e. The molecule has 0 radical (unpaired) electrons. The van der Waals surface area contributed by atoms with Gasteiger partial charge < -0.3 is 4.90 Å². The summed E-state index contributed by atoms with van der Waals surface area (Å²) in [7, 11) is -3.70. The molecule has 1 heterocycles. The molecule has 1 saturated heterocycles. The summed E-state index contributed by atoms with van der Waals surface area (Å²) < 4.78 is 28.3. The van der Waals surface area contributed by atoms with Crippen LogP contribution in [-0.2, 0) is 21.4 Å². The number of nitrogens with zero attached hydrogens (tertiary/aromatic N) is 2. The van der Waals surface area contributed by atoms with Crippen molar-refractivity contribution in [1.82, 2.24) is 9.21 Å². The number of carbonyl (C=O) groups excluding carboxylic acids is 1. The van der Waals surface area contributed by atoms with E-state index in [1.54, 1.807) is 29.2 Å². The van der Waals surface area contributed by atoms with Gasteiger partial charge >= 0.3 is 0 Å². The van der Waals surface area contributed by atoms with Crippen LogP contribution in [-0.4, -0.2) is 42.7 Å². The van der Waals surface area contributed by atoms with Crippen molar-refractivity contribution < 1.29 is 13.2 Å². The van der Waals surface area contributed by atoms with Gasteiger partial charge in [-0.2, -0.15) is 4.31 Å². The zero-order chi connectivity index (χ0) is 19.4. The van der Waals surface area contributed by atoms with Gasteiger partial charge in [-0.1, -0.05) is 46.3 Å². The molecule has 1 unspecified atom stereocenters. The zero-order valence-electron chi connectivity index (χ0n) is 15.2. The second-order valence-corrected chi connectivity index (χ2v) is 9.37. The van der Waals surface area contributed by atoms with E-state index in [0.29, 0.717) is 32.5 Å². The van der Waals surface area contributed by atoms with Crippen LogP contribution < -0.4 is 0 Å². The van der Waals surface area contributed by atoms with Crippen molar-refractivity contribution in [3.63, 3.8) is 0 Å². The lowest BCUT2D eigenvalue weighted by Gasteiger charge is -2.29. The lowest BCUT2D eigenvalue weighted by Crippen LogP contribution is -2.47. The van der Waals surface area contributed by atoms with Gasteiger partial charge in [0.1, 0.15) is 6.04 Å². The summed E-state index contributed by atoms with van der Waals surface area (Å²) in [6.07, 6.45) is 1.24. The summed E-state index contributed by atoms with van der Waals surface area (Å²) in [5, 5.41) is 0. The Morgan fingerprint density at radius 3 is 2.44 bits per heavy atom. The van der Waals surface area contributed by atoms with Gasteiger partial charge in [0.25, 0.3) is 0 Å². The van der Waals surface area contributed by atoms with E-state index in [2.05, 4.69) is 15.9 Å². The summed E-state index contributed by atoms with van der Waals surface area (Å²) in [5.41, 5.74) is 1.04. The molecule has 1 aliphatic rings. The molecule has 2 aromatic carbocycles. The Labute approximate surface area is 169 Å². The van der Waals surface area contributed by atoms with Crippen LogP contribution in [0.5, 0.6) is 0 Å². The molecule has 5 nitrogen and oxygen atoms in total. The van der Waals surface area contributed by atoms with Crippen LogP contribution in [0.2, 0.25) is 0 Å². The van der Waals surface area contributed by atoms with Gasteiger partial charge in [0.05, 0.1) is 4.90 Å². The molecule has 0 aliphatic carbocycles. The minimum Gasteiger partial charge on any atom is -0.337 e. The Balaban J connectivity index is 1.82. The summed E-state index contributed by atoms with van der Waals surface area (Å²) in [6.45, 7) is 3.32. The molecule has 1 amide bonds. The van der Waals surface area contributed by atoms with E-state index < -0.39 is 16.1 Å². The monoisotopic (exact) mass is 450 g/mol. The van der Waals surface area contributed by atoms with Crippen LogP contribution in [0.3, 0.4) is 0 Å². The normalized spacial score (nSPS) is 17.8. The third-order valence-corrected chi connectivity index (χ3v) is 7.27. The van der Waals surface area contributed by atoms with Crippen molar-refractivity contribution in [3.8, 4) is 0 Å². The van der Waals surface area contributed by atoms with Gasteiger partial charge in [0.2, 0.25) is 15.9 Å². The molecule has 2 aromatic rings. The van der Waals surface area contributed by atoms with E-state index in [1.165, 1.54) is 4.31 Å². The summed E-state index contributed by atoms with van der Waals surface area (Å²) in [6, 6.07) is 15.7. The average Bonchev–Trinajstić information content (AvgIpc) is 3.17. The lowest BCUT2D eigenvalue weighted by atomic mass is 10.1. The van der Waals surface area contributed by atoms with Crippen molar-refractivity contribution in [3.05, 3.63) is 64.6 Å². The first-order chi connectivity index (χ1) is 12.9. The van der Waals surface area contributed by atoms with Crippen LogP contribution in [0.25, 0.3) is 0 Å². The van der Waals surface area contributed by atoms with Crippen LogP contribution >= 0.6 is 15.9 Å². The van der Waals surface area contributed by atoms with Crippen molar-refractivity contribution in [2.45, 2.75) is 37.2 Å². The number of hydrogen-bond donors (Lipinski definition) is 0. The predicted molar refractivity (Wildman–Crippen MR) is 109 cm³/mol. The first kappa shape index (κ1) is 20.0. The van der Waals surface area contributed by atoms with E-state index >= 15 is 0 Å². The molecule has 0 saturated carbocycles. The molecule has 0 aromatic heterocycles. The molecule has 1 atom stereocenters. The molecule has 0 spiro atoms. The Bertz CT molecular complexity index is 885. The van der Waals surface area contributed by atoms with E-state index in [9.17, 15) is 13.2 Å². The van der Waals surface area contributed by atoms with E-state index in [-0.39, 0.29) is 10.8 Å². The molecule has 7 heteroatoms. The highest BCUT2D eigenvalue weighted by Gasteiger charge is 2.40. The topological polar surface area (TPSA) is 57.7 Å². The van der Waals surface area contributed by atoms with Gasteiger partial charge in [-0.3, -0.25) is 4.79 Å². The minimum atomic E-state index is -3.70. The van der Waals surface area contributed by atoms with Crippen LogP contribution in [0.15, 0.2) is 64.0 Å². The van der Waals surface area contributed by atoms with Gasteiger partial charge in [0.15, 0.2) is 0 Å². The highest BCUT2D eigenvalue weighted by molar-refractivity contribution is 9.10. The molecule has 0 bridgehead atoms. The number of sulfonamides is 1. The Morgan fingerprint density at radius 2 is 1.81 bits per heavy atom. The fraction of sp³-hybridized carbons (Fsp3) is 0.350. The third kappa shape index (κ3) is 4.42. The number of halogens is 1. The maximum Gasteiger partial charge on any atom is 0.243 e. The quantitative estimate of drug-likeness (QED) is 0.674. The van der Waals surface area contributed by atoms with E-state index in [1.807, 2.05) is 37.3 Å². The minimum absolute atomic E-state index is 0.125. The Hall–Kier alpha value is -1.70. The Morgan fingerprint density at radius 1 is 1.15 bits per heavy atom. The number of rotatable bonds is 6. The van der Waals surface area contributed by atoms with Crippen LogP contribution in [0.1, 0.15) is 25.3 Å². The number of carbonyl (C=O) groups is 1. The van der Waals surface area contributed by atoms with Gasteiger partial charge in [-0.25, -0.2) is 8.42 Å². The van der Waals surface area contributed by atoms with Crippen LogP contribution in [0, 0.1) is 0 Å².